The molecule has 2 atom stereocenters. The molecule has 1 fully saturated rings. The first-order valence-electron chi connectivity index (χ1n) is 5.82. The van der Waals surface area contributed by atoms with E-state index < -0.39 is 0 Å². The largest absolute Gasteiger partial charge is 0.381 e. The number of ether oxygens (including phenoxy) is 1. The van der Waals surface area contributed by atoms with E-state index in [4.69, 9.17) is 4.74 Å². The van der Waals surface area contributed by atoms with Crippen molar-refractivity contribution in [2.24, 2.45) is 5.92 Å². The molecule has 0 aromatic carbocycles. The van der Waals surface area contributed by atoms with Gasteiger partial charge in [0.1, 0.15) is 0 Å². The fourth-order valence-electron chi connectivity index (χ4n) is 1.69. The van der Waals surface area contributed by atoms with E-state index in [1.54, 1.807) is 0 Å². The van der Waals surface area contributed by atoms with Gasteiger partial charge in [-0.25, -0.2) is 0 Å². The Labute approximate surface area is 91.8 Å². The molecule has 1 saturated heterocycles. The van der Waals surface area contributed by atoms with Crippen LogP contribution in [0, 0.1) is 5.92 Å². The van der Waals surface area contributed by atoms with Crippen LogP contribution in [-0.4, -0.2) is 38.3 Å². The van der Waals surface area contributed by atoms with Gasteiger partial charge in [-0.05, 0) is 25.7 Å². The molecule has 2 unspecified atom stereocenters. The fourth-order valence-corrected chi connectivity index (χ4v) is 1.69. The molecule has 0 saturated carbocycles. The molecular weight excluding hydrogens is 192 g/mol. The zero-order valence-electron chi connectivity index (χ0n) is 9.71. The number of carbonyl (C=O) groups is 1. The Morgan fingerprint density at radius 2 is 2.40 bits per heavy atom. The predicted molar refractivity (Wildman–Crippen MR) is 59.7 cm³/mol. The maximum absolute atomic E-state index is 11.3. The van der Waals surface area contributed by atoms with Crippen molar-refractivity contribution in [1.82, 2.24) is 10.6 Å². The van der Waals surface area contributed by atoms with Crippen LogP contribution in [0.4, 0.5) is 0 Å². The van der Waals surface area contributed by atoms with Crippen molar-refractivity contribution in [3.05, 3.63) is 0 Å². The Hall–Kier alpha value is -0.610. The summed E-state index contributed by atoms with van der Waals surface area (Å²) in [7, 11) is 0. The summed E-state index contributed by atoms with van der Waals surface area (Å²) in [5, 5.41) is 6.09. The van der Waals surface area contributed by atoms with Crippen LogP contribution in [0.1, 0.15) is 26.7 Å². The van der Waals surface area contributed by atoms with Crippen molar-refractivity contribution in [3.8, 4) is 0 Å². The Morgan fingerprint density at radius 1 is 1.60 bits per heavy atom. The van der Waals surface area contributed by atoms with Crippen LogP contribution in [0.3, 0.4) is 0 Å². The number of amides is 1. The molecular formula is C11H22N2O2. The summed E-state index contributed by atoms with van der Waals surface area (Å²) in [6.45, 7) is 7.03. The summed E-state index contributed by atoms with van der Waals surface area (Å²) in [5.41, 5.74) is 0. The van der Waals surface area contributed by atoms with Crippen molar-refractivity contribution in [2.75, 3.05) is 26.3 Å². The zero-order valence-corrected chi connectivity index (χ0v) is 9.71. The first kappa shape index (κ1) is 12.5. The summed E-state index contributed by atoms with van der Waals surface area (Å²) in [5.74, 6) is 0.645. The van der Waals surface area contributed by atoms with E-state index in [1.165, 1.54) is 0 Å². The minimum Gasteiger partial charge on any atom is -0.381 e. The number of hydrogen-bond acceptors (Lipinski definition) is 3. The Balaban J connectivity index is 2.09. The van der Waals surface area contributed by atoms with E-state index in [1.807, 2.05) is 6.92 Å². The maximum atomic E-state index is 11.3. The lowest BCUT2D eigenvalue weighted by molar-refractivity contribution is -0.120. The summed E-state index contributed by atoms with van der Waals surface area (Å²) >= 11 is 0. The van der Waals surface area contributed by atoms with E-state index in [0.29, 0.717) is 18.5 Å². The second-order valence-electron chi connectivity index (χ2n) is 4.14. The highest BCUT2D eigenvalue weighted by molar-refractivity contribution is 5.77. The highest BCUT2D eigenvalue weighted by Crippen LogP contribution is 2.15. The number of nitrogens with one attached hydrogen (secondary N) is 2. The molecule has 4 heteroatoms. The van der Waals surface area contributed by atoms with Crippen LogP contribution in [0.5, 0.6) is 0 Å². The number of rotatable bonds is 6. The molecule has 1 amide bonds. The van der Waals surface area contributed by atoms with Crippen LogP contribution in [0.25, 0.3) is 0 Å². The summed E-state index contributed by atoms with van der Waals surface area (Å²) in [4.78, 5) is 11.3. The van der Waals surface area contributed by atoms with Gasteiger partial charge in [-0.1, -0.05) is 6.92 Å². The highest BCUT2D eigenvalue weighted by atomic mass is 16.5. The molecule has 1 aliphatic heterocycles. The smallest absolute Gasteiger partial charge is 0.233 e. The molecule has 1 rings (SSSR count). The van der Waals surface area contributed by atoms with Gasteiger partial charge in [-0.3, -0.25) is 4.79 Å². The number of hydrogen-bond donors (Lipinski definition) is 2. The van der Waals surface area contributed by atoms with E-state index in [2.05, 4.69) is 17.6 Å². The quantitative estimate of drug-likeness (QED) is 0.678. The van der Waals surface area contributed by atoms with E-state index >= 15 is 0 Å². The lowest BCUT2D eigenvalue weighted by Crippen LogP contribution is -2.41. The van der Waals surface area contributed by atoms with Crippen molar-refractivity contribution in [1.29, 1.82) is 0 Å². The van der Waals surface area contributed by atoms with Gasteiger partial charge in [-0.2, -0.15) is 0 Å². The van der Waals surface area contributed by atoms with Crippen LogP contribution < -0.4 is 10.6 Å². The molecule has 0 aromatic rings. The standard InChI is InChI=1S/C11H22N2O2/c1-3-5-12-11(14)7-13-9(2)10-4-6-15-8-10/h9-10,13H,3-8H2,1-2H3,(H,12,14). The average Bonchev–Trinajstić information content (AvgIpc) is 2.76. The molecule has 15 heavy (non-hydrogen) atoms. The third kappa shape index (κ3) is 4.62. The van der Waals surface area contributed by atoms with Gasteiger partial charge in [-0.15, -0.1) is 0 Å². The first-order valence-corrected chi connectivity index (χ1v) is 5.82. The molecule has 1 aliphatic rings. The minimum absolute atomic E-state index is 0.0858. The fraction of sp³-hybridized carbons (Fsp3) is 0.909. The molecule has 0 radical (unpaired) electrons. The van der Waals surface area contributed by atoms with Crippen LogP contribution in [0.15, 0.2) is 0 Å². The molecule has 0 bridgehead atoms. The second kappa shape index (κ2) is 6.80. The molecule has 1 heterocycles. The molecule has 0 aromatic heterocycles. The van der Waals surface area contributed by atoms with Crippen molar-refractivity contribution < 1.29 is 9.53 Å². The third-order valence-corrected chi connectivity index (χ3v) is 2.83. The lowest BCUT2D eigenvalue weighted by Gasteiger charge is -2.18. The Morgan fingerprint density at radius 3 is 3.00 bits per heavy atom. The summed E-state index contributed by atoms with van der Waals surface area (Å²) in [6, 6.07) is 0.361. The van der Waals surface area contributed by atoms with Gasteiger partial charge >= 0.3 is 0 Å². The summed E-state index contributed by atoms with van der Waals surface area (Å²) in [6.07, 6.45) is 2.09. The Bertz CT molecular complexity index is 191. The van der Waals surface area contributed by atoms with Crippen molar-refractivity contribution in [3.63, 3.8) is 0 Å². The second-order valence-corrected chi connectivity index (χ2v) is 4.14. The van der Waals surface area contributed by atoms with E-state index in [-0.39, 0.29) is 5.91 Å². The monoisotopic (exact) mass is 214 g/mol. The van der Waals surface area contributed by atoms with Gasteiger partial charge in [0.2, 0.25) is 5.91 Å². The van der Waals surface area contributed by atoms with Crippen LogP contribution in [0.2, 0.25) is 0 Å². The van der Waals surface area contributed by atoms with E-state index in [0.717, 1.165) is 32.6 Å². The average molecular weight is 214 g/mol. The van der Waals surface area contributed by atoms with E-state index in [9.17, 15) is 4.79 Å². The number of carbonyl (C=O) groups excluding carboxylic acids is 1. The topological polar surface area (TPSA) is 50.4 Å². The van der Waals surface area contributed by atoms with Crippen molar-refractivity contribution in [2.45, 2.75) is 32.7 Å². The maximum Gasteiger partial charge on any atom is 0.233 e. The van der Waals surface area contributed by atoms with Gasteiger partial charge in [0.15, 0.2) is 0 Å². The van der Waals surface area contributed by atoms with Gasteiger partial charge in [0.25, 0.3) is 0 Å². The molecule has 2 N–H and O–H groups in total. The summed E-state index contributed by atoms with van der Waals surface area (Å²) < 4.78 is 5.31. The first-order chi connectivity index (χ1) is 7.24. The predicted octanol–water partition coefficient (Wildman–Crippen LogP) is 0.527. The minimum atomic E-state index is 0.0858. The lowest BCUT2D eigenvalue weighted by atomic mass is 10.0. The van der Waals surface area contributed by atoms with Gasteiger partial charge in [0.05, 0.1) is 13.2 Å². The molecule has 88 valence electrons. The highest BCUT2D eigenvalue weighted by Gasteiger charge is 2.22. The molecule has 4 nitrogen and oxygen atoms in total. The van der Waals surface area contributed by atoms with Crippen LogP contribution in [-0.2, 0) is 9.53 Å². The van der Waals surface area contributed by atoms with Gasteiger partial charge < -0.3 is 15.4 Å². The molecule has 0 aliphatic carbocycles. The normalized spacial score (nSPS) is 22.7. The van der Waals surface area contributed by atoms with Gasteiger partial charge in [0, 0.05) is 19.2 Å². The van der Waals surface area contributed by atoms with Crippen molar-refractivity contribution >= 4 is 5.91 Å². The SMILES string of the molecule is CCCNC(=O)CNC(C)C1CCOC1. The Kier molecular flexibility index (Phi) is 5.65. The molecule has 0 spiro atoms. The zero-order chi connectivity index (χ0) is 11.1. The third-order valence-electron chi connectivity index (χ3n) is 2.83. The van der Waals surface area contributed by atoms with Crippen LogP contribution >= 0.6 is 0 Å².